The predicted octanol–water partition coefficient (Wildman–Crippen LogP) is 2.27. The van der Waals surface area contributed by atoms with Gasteiger partial charge in [-0.25, -0.2) is 16.8 Å². The summed E-state index contributed by atoms with van der Waals surface area (Å²) in [6, 6.07) is 4.50. The smallest absolute Gasteiger partial charge is 0.744 e. The fourth-order valence-electron chi connectivity index (χ4n) is 1.81. The van der Waals surface area contributed by atoms with Crippen molar-refractivity contribution in [3.8, 4) is 0 Å². The molecular weight excluding hydrogens is 486 g/mol. The minimum absolute atomic E-state index is 0. The van der Waals surface area contributed by atoms with Gasteiger partial charge in [0.1, 0.15) is 20.2 Å². The van der Waals surface area contributed by atoms with E-state index in [0.29, 0.717) is 11.1 Å². The number of hydrogen-bond acceptors (Lipinski definition) is 8. The van der Waals surface area contributed by atoms with Crippen molar-refractivity contribution in [2.45, 2.75) is 23.6 Å². The fraction of sp³-hybridized carbons (Fsp3) is 0.143. The van der Waals surface area contributed by atoms with Crippen molar-refractivity contribution in [1.82, 2.24) is 0 Å². The standard InChI is InChI=1S/2C7H8ClNO3S.Ni/c2*1-4-2-5(13(10,11)12)3-6(9)7(4)8;/h2*2-3H,9H2,1H3,(H,10,11,12);/q;;+2/p-2. The number of anilines is 2. The van der Waals surface area contributed by atoms with Gasteiger partial charge in [-0.2, -0.15) is 0 Å². The molecule has 0 aliphatic heterocycles. The maximum atomic E-state index is 10.6. The molecule has 4 N–H and O–H groups in total. The number of nitrogens with two attached hydrogens (primary N) is 2. The predicted molar refractivity (Wildman–Crippen MR) is 97.1 cm³/mol. The van der Waals surface area contributed by atoms with E-state index < -0.39 is 20.2 Å². The van der Waals surface area contributed by atoms with Crippen LogP contribution in [-0.4, -0.2) is 25.9 Å². The van der Waals surface area contributed by atoms with Crippen LogP contribution >= 0.6 is 23.2 Å². The second-order valence-corrected chi connectivity index (χ2v) is 8.71. The maximum absolute atomic E-state index is 10.6. The first-order chi connectivity index (χ1) is 11.6. The number of benzene rings is 2. The molecule has 13 heteroatoms. The molecule has 0 saturated heterocycles. The molecule has 0 aliphatic rings. The molecule has 2 rings (SSSR count). The van der Waals surface area contributed by atoms with E-state index in [1.807, 2.05) is 0 Å². The zero-order chi connectivity index (χ0) is 20.4. The molecule has 0 saturated carbocycles. The summed E-state index contributed by atoms with van der Waals surface area (Å²) >= 11 is 11.4. The summed E-state index contributed by atoms with van der Waals surface area (Å²) in [6.07, 6.45) is 0. The Balaban J connectivity index is 0.000000483. The molecule has 27 heavy (non-hydrogen) atoms. The Morgan fingerprint density at radius 3 is 1.19 bits per heavy atom. The van der Waals surface area contributed by atoms with Crippen LogP contribution in [0.15, 0.2) is 34.1 Å². The van der Waals surface area contributed by atoms with E-state index >= 15 is 0 Å². The monoisotopic (exact) mass is 498 g/mol. The molecule has 2 aromatic rings. The zero-order valence-electron chi connectivity index (χ0n) is 13.8. The van der Waals surface area contributed by atoms with Gasteiger partial charge in [-0.05, 0) is 49.2 Å². The van der Waals surface area contributed by atoms with Gasteiger partial charge in [0.2, 0.25) is 0 Å². The van der Waals surface area contributed by atoms with Crippen molar-refractivity contribution in [2.24, 2.45) is 0 Å². The summed E-state index contributed by atoms with van der Waals surface area (Å²) in [5.41, 5.74) is 11.9. The summed E-state index contributed by atoms with van der Waals surface area (Å²) in [7, 11) is -8.91. The van der Waals surface area contributed by atoms with Crippen LogP contribution in [0.4, 0.5) is 11.4 Å². The zero-order valence-corrected chi connectivity index (χ0v) is 17.9. The Morgan fingerprint density at radius 2 is 1.00 bits per heavy atom. The van der Waals surface area contributed by atoms with Gasteiger partial charge >= 0.3 is 16.5 Å². The van der Waals surface area contributed by atoms with Crippen molar-refractivity contribution in [2.75, 3.05) is 11.5 Å². The van der Waals surface area contributed by atoms with Gasteiger partial charge in [0.15, 0.2) is 0 Å². The number of hydrogen-bond donors (Lipinski definition) is 2. The Hall–Kier alpha value is -1.07. The molecule has 0 aromatic heterocycles. The summed E-state index contributed by atoms with van der Waals surface area (Å²) in [6.45, 7) is 3.15. The molecule has 0 spiro atoms. The van der Waals surface area contributed by atoms with Gasteiger partial charge in [0.25, 0.3) is 0 Å². The van der Waals surface area contributed by atoms with E-state index in [9.17, 15) is 25.9 Å². The fourth-order valence-corrected chi connectivity index (χ4v) is 3.22. The summed E-state index contributed by atoms with van der Waals surface area (Å²) in [5, 5.41) is 0.541. The van der Waals surface area contributed by atoms with Crippen LogP contribution in [0.25, 0.3) is 0 Å². The van der Waals surface area contributed by atoms with Crippen molar-refractivity contribution in [1.29, 1.82) is 0 Å². The van der Waals surface area contributed by atoms with Gasteiger partial charge in [-0.3, -0.25) is 0 Å². The summed E-state index contributed by atoms with van der Waals surface area (Å²) in [4.78, 5) is -0.709. The van der Waals surface area contributed by atoms with Crippen LogP contribution in [0.1, 0.15) is 11.1 Å². The number of halogens is 2. The number of rotatable bonds is 2. The normalized spacial score (nSPS) is 11.2. The molecule has 8 nitrogen and oxygen atoms in total. The summed E-state index contributed by atoms with van der Waals surface area (Å²) < 4.78 is 63.6. The van der Waals surface area contributed by atoms with Crippen LogP contribution in [0.2, 0.25) is 10.0 Å². The molecule has 0 radical (unpaired) electrons. The first-order valence-electron chi connectivity index (χ1n) is 6.67. The van der Waals surface area contributed by atoms with E-state index in [2.05, 4.69) is 0 Å². The van der Waals surface area contributed by atoms with Crippen LogP contribution in [-0.2, 0) is 36.7 Å². The van der Waals surface area contributed by atoms with Gasteiger partial charge in [-0.1, -0.05) is 23.2 Å². The van der Waals surface area contributed by atoms with Gasteiger partial charge < -0.3 is 20.6 Å². The van der Waals surface area contributed by atoms with Crippen molar-refractivity contribution >= 4 is 54.8 Å². The molecular formula is C14H14Cl2N2NiO6S2. The third-order valence-electron chi connectivity index (χ3n) is 3.09. The molecule has 152 valence electrons. The van der Waals surface area contributed by atoms with E-state index in [4.69, 9.17) is 34.7 Å². The molecule has 0 bridgehead atoms. The molecule has 0 atom stereocenters. The van der Waals surface area contributed by atoms with Crippen LogP contribution in [0.3, 0.4) is 0 Å². The Bertz CT molecular complexity index is 928. The third-order valence-corrected chi connectivity index (χ3v) is 5.75. The van der Waals surface area contributed by atoms with Crippen molar-refractivity contribution in [3.63, 3.8) is 0 Å². The SMILES string of the molecule is Cc1cc(S(=O)(=O)[O-])cc(N)c1Cl.Cc1cc(S(=O)(=O)[O-])cc(N)c1Cl.[Ni+2]. The Labute approximate surface area is 177 Å². The summed E-state index contributed by atoms with van der Waals surface area (Å²) in [5.74, 6) is 0. The van der Waals surface area contributed by atoms with Gasteiger partial charge in [-0.15, -0.1) is 0 Å². The van der Waals surface area contributed by atoms with Crippen molar-refractivity contribution in [3.05, 3.63) is 45.4 Å². The Kier molecular flexibility index (Phi) is 9.05. The molecule has 2 aromatic carbocycles. The third kappa shape index (κ3) is 7.11. The van der Waals surface area contributed by atoms with Crippen LogP contribution < -0.4 is 11.5 Å². The second kappa shape index (κ2) is 9.42. The average Bonchev–Trinajstić information content (AvgIpc) is 2.48. The molecule has 0 aliphatic carbocycles. The van der Waals surface area contributed by atoms with Gasteiger partial charge in [0, 0.05) is 0 Å². The van der Waals surface area contributed by atoms with E-state index in [1.54, 1.807) is 13.8 Å². The first kappa shape index (κ1) is 25.9. The minimum atomic E-state index is -4.45. The van der Waals surface area contributed by atoms with Crippen molar-refractivity contribution < 1.29 is 42.4 Å². The Morgan fingerprint density at radius 1 is 0.741 bits per heavy atom. The first-order valence-corrected chi connectivity index (χ1v) is 10.2. The van der Waals surface area contributed by atoms with Crippen LogP contribution in [0, 0.1) is 13.8 Å². The second-order valence-electron chi connectivity index (χ2n) is 5.20. The van der Waals surface area contributed by atoms with Gasteiger partial charge in [0.05, 0.1) is 31.2 Å². The van der Waals surface area contributed by atoms with Crippen LogP contribution in [0.5, 0.6) is 0 Å². The quantitative estimate of drug-likeness (QED) is 0.360. The molecule has 0 amide bonds. The van der Waals surface area contributed by atoms with E-state index in [0.717, 1.165) is 12.1 Å². The largest absolute Gasteiger partial charge is 2.00 e. The average molecular weight is 500 g/mol. The van der Waals surface area contributed by atoms with E-state index in [1.165, 1.54) is 12.1 Å². The number of aryl methyl sites for hydroxylation is 2. The maximum Gasteiger partial charge on any atom is 2.00 e. The minimum Gasteiger partial charge on any atom is -0.744 e. The topological polar surface area (TPSA) is 166 Å². The molecule has 0 unspecified atom stereocenters. The molecule has 0 fully saturated rings. The molecule has 0 heterocycles. The van der Waals surface area contributed by atoms with E-state index in [-0.39, 0.29) is 47.7 Å². The number of nitrogen functional groups attached to an aromatic ring is 2.